The number of hydrogen-bond acceptors (Lipinski definition) is 4. The van der Waals surface area contributed by atoms with Crippen LogP contribution >= 0.6 is 0 Å². The molecule has 7 nitrogen and oxygen atoms in total. The Labute approximate surface area is 152 Å². The van der Waals surface area contributed by atoms with Gasteiger partial charge in [-0.05, 0) is 18.9 Å². The number of piperidine rings is 1. The molecule has 1 amide bonds. The smallest absolute Gasteiger partial charge is 0.275 e. The van der Waals surface area contributed by atoms with E-state index in [2.05, 4.69) is 19.7 Å². The van der Waals surface area contributed by atoms with Gasteiger partial charge >= 0.3 is 0 Å². The molecule has 26 heavy (non-hydrogen) atoms. The average molecular weight is 353 g/mol. The highest BCUT2D eigenvalue weighted by Crippen LogP contribution is 2.27. The van der Waals surface area contributed by atoms with Crippen LogP contribution in [0.15, 0.2) is 36.7 Å². The summed E-state index contributed by atoms with van der Waals surface area (Å²) >= 11 is 0. The van der Waals surface area contributed by atoms with Gasteiger partial charge in [0.25, 0.3) is 5.91 Å². The third kappa shape index (κ3) is 3.10. The van der Waals surface area contributed by atoms with Crippen LogP contribution in [0.25, 0.3) is 10.9 Å². The second-order valence-electron chi connectivity index (χ2n) is 6.68. The molecule has 3 aromatic rings. The molecule has 1 atom stereocenters. The summed E-state index contributed by atoms with van der Waals surface area (Å²) in [5, 5.41) is 8.09. The highest BCUT2D eigenvalue weighted by atomic mass is 16.5. The van der Waals surface area contributed by atoms with Crippen LogP contribution in [0.5, 0.6) is 0 Å². The molecule has 136 valence electrons. The van der Waals surface area contributed by atoms with Crippen molar-refractivity contribution in [3.8, 4) is 0 Å². The first-order chi connectivity index (χ1) is 12.8. The predicted molar refractivity (Wildman–Crippen MR) is 98.1 cm³/mol. The van der Waals surface area contributed by atoms with Gasteiger partial charge in [-0.3, -0.25) is 9.89 Å². The Hall–Kier alpha value is -2.67. The van der Waals surface area contributed by atoms with Crippen LogP contribution in [0.1, 0.15) is 35.1 Å². The summed E-state index contributed by atoms with van der Waals surface area (Å²) in [5.74, 6) is 1.26. The number of aromatic amines is 1. The number of likely N-dealkylation sites (tertiary alicyclic amines) is 1. The summed E-state index contributed by atoms with van der Waals surface area (Å²) in [7, 11) is 1.70. The normalized spacial score (nSPS) is 17.7. The van der Waals surface area contributed by atoms with E-state index in [0.717, 1.165) is 42.7 Å². The van der Waals surface area contributed by atoms with E-state index in [1.54, 1.807) is 7.11 Å². The number of methoxy groups -OCH3 is 1. The van der Waals surface area contributed by atoms with E-state index in [9.17, 15) is 4.79 Å². The minimum atomic E-state index is -0.0119. The fraction of sp³-hybridized carbons (Fsp3) is 0.421. The van der Waals surface area contributed by atoms with Crippen molar-refractivity contribution in [3.63, 3.8) is 0 Å². The summed E-state index contributed by atoms with van der Waals surface area (Å²) < 4.78 is 7.31. The third-order valence-electron chi connectivity index (χ3n) is 5.03. The van der Waals surface area contributed by atoms with Gasteiger partial charge in [0, 0.05) is 50.4 Å². The van der Waals surface area contributed by atoms with Gasteiger partial charge in [0.05, 0.1) is 12.1 Å². The number of nitrogens with zero attached hydrogens (tertiary/aromatic N) is 4. The number of imidazole rings is 1. The van der Waals surface area contributed by atoms with Gasteiger partial charge in [0.1, 0.15) is 5.82 Å². The van der Waals surface area contributed by atoms with Crippen LogP contribution in [0, 0.1) is 0 Å². The zero-order valence-corrected chi connectivity index (χ0v) is 14.9. The number of aromatic nitrogens is 4. The number of benzene rings is 1. The molecule has 2 aromatic heterocycles. The number of fused-ring (bicyclic) bond motifs is 1. The lowest BCUT2D eigenvalue weighted by molar-refractivity contribution is 0.0698. The standard InChI is InChI=1S/C19H23N5O2/c1-26-12-11-23-10-8-20-18(23)14-5-4-9-24(13-14)19(25)17-15-6-2-3-7-16(15)21-22-17/h2-3,6-8,10,14H,4-5,9,11-13H2,1H3,(H,21,22)/t14-/m1/s1. The Bertz CT molecular complexity index is 900. The van der Waals surface area contributed by atoms with E-state index < -0.39 is 0 Å². The molecule has 0 radical (unpaired) electrons. The van der Waals surface area contributed by atoms with Crippen molar-refractivity contribution in [1.82, 2.24) is 24.6 Å². The van der Waals surface area contributed by atoms with Crippen molar-refractivity contribution >= 4 is 16.8 Å². The SMILES string of the molecule is COCCn1ccnc1[C@@H]1CCCN(C(=O)c2n[nH]c3ccccc23)C1. The summed E-state index contributed by atoms with van der Waals surface area (Å²) in [6, 6.07) is 7.74. The van der Waals surface area contributed by atoms with E-state index in [1.807, 2.05) is 41.6 Å². The molecular formula is C19H23N5O2. The Morgan fingerprint density at radius 1 is 1.38 bits per heavy atom. The lowest BCUT2D eigenvalue weighted by atomic mass is 9.96. The molecule has 1 aliphatic rings. The van der Waals surface area contributed by atoms with Gasteiger partial charge in [-0.25, -0.2) is 4.98 Å². The monoisotopic (exact) mass is 353 g/mol. The fourth-order valence-electron chi connectivity index (χ4n) is 3.71. The van der Waals surface area contributed by atoms with Crippen LogP contribution in [-0.2, 0) is 11.3 Å². The maximum atomic E-state index is 13.0. The van der Waals surface area contributed by atoms with E-state index in [1.165, 1.54) is 0 Å². The number of para-hydroxylation sites is 1. The molecule has 0 bridgehead atoms. The largest absolute Gasteiger partial charge is 0.383 e. The minimum absolute atomic E-state index is 0.0119. The summed E-state index contributed by atoms with van der Waals surface area (Å²) in [4.78, 5) is 19.5. The number of nitrogens with one attached hydrogen (secondary N) is 1. The van der Waals surface area contributed by atoms with Crippen LogP contribution in [0.3, 0.4) is 0 Å². The van der Waals surface area contributed by atoms with Crippen LogP contribution < -0.4 is 0 Å². The number of H-pyrrole nitrogens is 1. The molecule has 1 N–H and O–H groups in total. The third-order valence-corrected chi connectivity index (χ3v) is 5.03. The Balaban J connectivity index is 1.53. The summed E-state index contributed by atoms with van der Waals surface area (Å²) in [6.07, 6.45) is 5.81. The van der Waals surface area contributed by atoms with Gasteiger partial charge < -0.3 is 14.2 Å². The number of hydrogen-bond donors (Lipinski definition) is 1. The van der Waals surface area contributed by atoms with Gasteiger partial charge in [0.15, 0.2) is 5.69 Å². The molecule has 1 saturated heterocycles. The number of rotatable bonds is 5. The number of amides is 1. The number of carbonyl (C=O) groups excluding carboxylic acids is 1. The molecular weight excluding hydrogens is 330 g/mol. The second kappa shape index (κ2) is 7.29. The summed E-state index contributed by atoms with van der Waals surface area (Å²) in [6.45, 7) is 2.86. The maximum Gasteiger partial charge on any atom is 0.275 e. The van der Waals surface area contributed by atoms with E-state index in [0.29, 0.717) is 18.8 Å². The number of ether oxygens (including phenoxy) is 1. The van der Waals surface area contributed by atoms with Gasteiger partial charge in [-0.2, -0.15) is 5.10 Å². The zero-order valence-electron chi connectivity index (χ0n) is 14.9. The molecule has 1 aromatic carbocycles. The van der Waals surface area contributed by atoms with Gasteiger partial charge in [-0.1, -0.05) is 18.2 Å². The highest BCUT2D eigenvalue weighted by molar-refractivity contribution is 6.04. The Morgan fingerprint density at radius 2 is 2.27 bits per heavy atom. The Kier molecular flexibility index (Phi) is 4.71. The first-order valence-electron chi connectivity index (χ1n) is 9.00. The lowest BCUT2D eigenvalue weighted by Gasteiger charge is -2.32. The first-order valence-corrected chi connectivity index (χ1v) is 9.00. The molecule has 1 fully saturated rings. The van der Waals surface area contributed by atoms with Crippen molar-refractivity contribution in [1.29, 1.82) is 0 Å². The first kappa shape index (κ1) is 16.8. The zero-order chi connectivity index (χ0) is 17.9. The lowest BCUT2D eigenvalue weighted by Crippen LogP contribution is -2.40. The molecule has 0 unspecified atom stereocenters. The minimum Gasteiger partial charge on any atom is -0.383 e. The van der Waals surface area contributed by atoms with Crippen molar-refractivity contribution in [3.05, 3.63) is 48.2 Å². The summed E-state index contributed by atoms with van der Waals surface area (Å²) in [5.41, 5.74) is 1.39. The quantitative estimate of drug-likeness (QED) is 0.764. The molecule has 0 saturated carbocycles. The van der Waals surface area contributed by atoms with Gasteiger partial charge in [-0.15, -0.1) is 0 Å². The molecule has 4 rings (SSSR count). The molecule has 3 heterocycles. The van der Waals surface area contributed by atoms with Crippen molar-refractivity contribution < 1.29 is 9.53 Å². The van der Waals surface area contributed by atoms with Crippen molar-refractivity contribution in [2.75, 3.05) is 26.8 Å². The molecule has 0 spiro atoms. The molecule has 0 aliphatic carbocycles. The highest BCUT2D eigenvalue weighted by Gasteiger charge is 2.29. The average Bonchev–Trinajstić information content (AvgIpc) is 3.33. The van der Waals surface area contributed by atoms with Crippen molar-refractivity contribution in [2.45, 2.75) is 25.3 Å². The van der Waals surface area contributed by atoms with Crippen LogP contribution in [-0.4, -0.2) is 57.4 Å². The Morgan fingerprint density at radius 3 is 3.15 bits per heavy atom. The second-order valence-corrected chi connectivity index (χ2v) is 6.68. The van der Waals surface area contributed by atoms with Crippen LogP contribution in [0.2, 0.25) is 0 Å². The van der Waals surface area contributed by atoms with Gasteiger partial charge in [0.2, 0.25) is 0 Å². The fourth-order valence-corrected chi connectivity index (χ4v) is 3.71. The maximum absolute atomic E-state index is 13.0. The number of carbonyl (C=O) groups is 1. The van der Waals surface area contributed by atoms with Crippen LogP contribution in [0.4, 0.5) is 0 Å². The predicted octanol–water partition coefficient (Wildman–Crippen LogP) is 2.43. The molecule has 1 aliphatic heterocycles. The topological polar surface area (TPSA) is 76.0 Å². The van der Waals surface area contributed by atoms with E-state index in [4.69, 9.17) is 4.74 Å². The van der Waals surface area contributed by atoms with E-state index in [-0.39, 0.29) is 11.8 Å². The van der Waals surface area contributed by atoms with Crippen molar-refractivity contribution in [2.24, 2.45) is 0 Å². The van der Waals surface area contributed by atoms with E-state index >= 15 is 0 Å². The molecule has 7 heteroatoms.